The molecule has 669 valence electrons. The van der Waals surface area contributed by atoms with Gasteiger partial charge in [0.1, 0.15) is 34.7 Å². The quantitative estimate of drug-likeness (QED) is 0.0616. The first-order chi connectivity index (χ1) is 58.1. The molecule has 15 aromatic rings. The van der Waals surface area contributed by atoms with Crippen LogP contribution in [0.2, 0.25) is 0 Å². The Labute approximate surface area is 790 Å². The summed E-state index contributed by atoms with van der Waals surface area (Å²) < 4.78 is 144. The normalized spacial score (nSPS) is 10.1. The van der Waals surface area contributed by atoms with Gasteiger partial charge in [-0.3, -0.25) is 46.3 Å². The summed E-state index contributed by atoms with van der Waals surface area (Å²) in [6.45, 7) is 21.5. The number of aromatic carboxylic acids is 3. The van der Waals surface area contributed by atoms with Crippen molar-refractivity contribution in [3.63, 3.8) is 0 Å². The number of alkyl halides is 3. The van der Waals surface area contributed by atoms with E-state index in [9.17, 15) is 62.7 Å². The van der Waals surface area contributed by atoms with Crippen LogP contribution in [0, 0.1) is 102 Å². The van der Waals surface area contributed by atoms with Gasteiger partial charge >= 0.3 is 24.1 Å². The van der Waals surface area contributed by atoms with E-state index in [-0.39, 0.29) is 156 Å². The molecule has 127 heavy (non-hydrogen) atoms. The Morgan fingerprint density at radius 1 is 0.433 bits per heavy atom. The second-order valence-corrected chi connectivity index (χ2v) is 27.2. The van der Waals surface area contributed by atoms with Gasteiger partial charge in [0.15, 0.2) is 5.69 Å². The second kappa shape index (κ2) is 55.4. The van der Waals surface area contributed by atoms with Gasteiger partial charge in [0.05, 0.1) is 12.4 Å². The van der Waals surface area contributed by atoms with E-state index in [1.54, 1.807) is 139 Å². The summed E-state index contributed by atoms with van der Waals surface area (Å²) in [5.74, 6) is -8.33. The maximum Gasteiger partial charge on any atom is 0.431 e. The number of rotatable bonds is 11. The van der Waals surface area contributed by atoms with Gasteiger partial charge in [0, 0.05) is 197 Å². The zero-order valence-corrected chi connectivity index (χ0v) is 79.2. The molecular weight excluding hydrogens is 2560 g/mol. The van der Waals surface area contributed by atoms with Crippen LogP contribution in [0.5, 0.6) is 0 Å². The number of nitrogens with zero attached hydrogens (tertiary/aromatic N) is 15. The summed E-state index contributed by atoms with van der Waals surface area (Å²) in [4.78, 5) is 71.3. The van der Waals surface area contributed by atoms with E-state index in [4.69, 9.17) is 21.9 Å². The van der Waals surface area contributed by atoms with Crippen LogP contribution in [0.1, 0.15) is 95.5 Å². The Hall–Kier alpha value is -12.0. The molecule has 3 N–H and O–H groups in total. The molecule has 21 nitrogen and oxygen atoms in total. The molecule has 0 saturated heterocycles. The molecular formula is C90H70F11Ir5N15O6-6. The number of carboxylic acids is 3. The molecule has 0 atom stereocenters. The number of benzene rings is 3. The average Bonchev–Trinajstić information content (AvgIpc) is 1.81. The summed E-state index contributed by atoms with van der Waals surface area (Å²) in [5, 5.41) is 35.6. The molecule has 0 unspecified atom stereocenters. The number of aromatic nitrogens is 14. The van der Waals surface area contributed by atoms with Crippen molar-refractivity contribution in [1.82, 2.24) is 69.8 Å². The summed E-state index contributed by atoms with van der Waals surface area (Å²) in [7, 11) is 0. The first kappa shape index (κ1) is 111. The number of carbonyl (C=O) groups is 3. The van der Waals surface area contributed by atoms with Crippen LogP contribution < -0.4 is 5.10 Å². The average molecular weight is 2630 g/mol. The standard InChI is InChI=1S/C17H15F2N2.C15H15F2N2.2C11H6F2N.C9H5F3N3.C9H8N3.3C6H5NO2.5Ir/c1-17(2,3)10-11-7-8-21-14(9-11)12-5-6-13(18)16(20-4)15(12)19;1-15(2,3)9-10-6-7-18-12(8-10)11-4-5-13(16)19-14(11)17;2*12-8-4-5-9(10(13)7-8)11-3-1-2-6-14-11;10-9(11,12)8-5-7(14-15-8)6-3-1-2-4-13-6;1-8-5-7-12(11-8)9-4-2-3-6-10-9;3*8-6(9)5-3-1-2-4-7-5;;;;;/h6-9H,10H2,1-3H3;5-8H,9H2,1-3H3;2*1-4,6-7H;1-5H;2-6H,1H3;3*1-4H,(H,8,9);;;;;/q6*-1;;;;;;;;. The van der Waals surface area contributed by atoms with Crippen molar-refractivity contribution in [2.45, 2.75) is 67.5 Å². The van der Waals surface area contributed by atoms with Crippen LogP contribution in [-0.4, -0.2) is 97.9 Å². The van der Waals surface area contributed by atoms with Gasteiger partial charge in [-0.15, -0.1) is 54.1 Å². The summed E-state index contributed by atoms with van der Waals surface area (Å²) >= 11 is 0. The van der Waals surface area contributed by atoms with Crippen molar-refractivity contribution < 1.29 is 179 Å². The van der Waals surface area contributed by atoms with Crippen LogP contribution >= 0.6 is 0 Å². The second-order valence-electron chi connectivity index (χ2n) is 27.2. The van der Waals surface area contributed by atoms with E-state index in [0.29, 0.717) is 28.5 Å². The van der Waals surface area contributed by atoms with E-state index in [2.05, 4.69) is 142 Å². The Morgan fingerprint density at radius 3 is 1.15 bits per heavy atom. The van der Waals surface area contributed by atoms with E-state index in [1.165, 1.54) is 43.0 Å². The first-order valence-electron chi connectivity index (χ1n) is 35.8. The Kier molecular flexibility index (Phi) is 48.5. The summed E-state index contributed by atoms with van der Waals surface area (Å²) in [5.41, 5.74) is 4.53. The van der Waals surface area contributed by atoms with Crippen LogP contribution in [-0.2, 0) is 120 Å². The van der Waals surface area contributed by atoms with Crippen LogP contribution in [0.3, 0.4) is 0 Å². The van der Waals surface area contributed by atoms with E-state index >= 15 is 0 Å². The third-order valence-corrected chi connectivity index (χ3v) is 15.0. The SMILES string of the molecule is CC(C)(C)Cc1ccnc(-c2[c-]cc(F)nc2F)c1.Cc1c[c-]n(-c2ccccn2)n1.FC(F)(F)c1cc(-c2ccccn2)[n-]n1.Fc1c[c-]c(-c2ccccn2)c(F)c1.Fc1c[c-]c(-c2ccccn2)c(F)c1.O=C(O)c1ccccn1.O=C(O)c1ccccn1.O=C(O)c1ccccn1.[C-]#[N+]c1c(F)c[c-]c(-c2cc(CC(C)(C)C)ccn2)c1F.[Ir].[Ir].[Ir].[Ir].[Ir]. The number of hydrogen-bond acceptors (Lipinski definition) is 15. The Morgan fingerprint density at radius 2 is 0.819 bits per heavy atom. The molecule has 0 aliphatic rings. The van der Waals surface area contributed by atoms with Crippen LogP contribution in [0.25, 0.3) is 67.1 Å². The maximum atomic E-state index is 14.2. The molecule has 0 saturated carbocycles. The molecule has 0 amide bonds. The molecule has 0 aliphatic carbocycles. The fourth-order valence-electron chi connectivity index (χ4n) is 9.81. The third-order valence-electron chi connectivity index (χ3n) is 15.0. The fraction of sp³-hybridized carbons (Fsp3) is 0.133. The third kappa shape index (κ3) is 38.8. The fourth-order valence-corrected chi connectivity index (χ4v) is 9.81. The molecule has 0 aliphatic heterocycles. The van der Waals surface area contributed by atoms with Gasteiger partial charge in [0.2, 0.25) is 0 Å². The van der Waals surface area contributed by atoms with Crippen molar-refractivity contribution in [1.29, 1.82) is 0 Å². The van der Waals surface area contributed by atoms with Gasteiger partial charge < -0.3 is 55.1 Å². The predicted octanol–water partition coefficient (Wildman–Crippen LogP) is 20.3. The van der Waals surface area contributed by atoms with Crippen molar-refractivity contribution in [3.8, 4) is 62.2 Å². The molecule has 12 aromatic heterocycles. The minimum Gasteiger partial charge on any atom is -0.573 e. The number of hydrogen-bond donors (Lipinski definition) is 3. The maximum absolute atomic E-state index is 14.2. The molecule has 3 aromatic carbocycles. The molecule has 37 heteroatoms. The topological polar surface area (TPSA) is 290 Å². The first-order valence-corrected chi connectivity index (χ1v) is 35.8. The number of pyridine rings is 10. The largest absolute Gasteiger partial charge is 0.573 e. The number of aryl methyl sites for hydroxylation is 1. The molecule has 15 rings (SSSR count). The van der Waals surface area contributed by atoms with Crippen molar-refractivity contribution >= 4 is 23.6 Å². The smallest absolute Gasteiger partial charge is 0.431 e. The Bertz CT molecular complexity index is 5690. The molecule has 5 radical (unpaired) electrons. The van der Waals surface area contributed by atoms with E-state index < -0.39 is 82.3 Å². The van der Waals surface area contributed by atoms with Crippen molar-refractivity contribution in [2.24, 2.45) is 10.8 Å². The monoisotopic (exact) mass is 2630 g/mol. The molecule has 0 spiro atoms. The Balaban J connectivity index is 0.000000488. The van der Waals surface area contributed by atoms with Crippen LogP contribution in [0.4, 0.5) is 54.0 Å². The van der Waals surface area contributed by atoms with Crippen molar-refractivity contribution in [2.75, 3.05) is 0 Å². The van der Waals surface area contributed by atoms with Gasteiger partial charge in [0.25, 0.3) is 0 Å². The number of carboxylic acid groups (broad SMARTS) is 3. The van der Waals surface area contributed by atoms with Crippen LogP contribution in [0.15, 0.2) is 256 Å². The number of halogens is 11. The summed E-state index contributed by atoms with van der Waals surface area (Å²) in [6, 6.07) is 61.0. The molecule has 0 fully saturated rings. The minimum atomic E-state index is -4.46. The van der Waals surface area contributed by atoms with Gasteiger partial charge in [-0.1, -0.05) is 179 Å². The summed E-state index contributed by atoms with van der Waals surface area (Å²) in [6.07, 6.45) is 14.0. The minimum absolute atomic E-state index is 0. The zero-order valence-electron chi connectivity index (χ0n) is 67.3. The molecule has 12 heterocycles. The van der Waals surface area contributed by atoms with Gasteiger partial charge in [-0.2, -0.15) is 13.2 Å². The van der Waals surface area contributed by atoms with E-state index in [0.717, 1.165) is 77.9 Å². The van der Waals surface area contributed by atoms with Gasteiger partial charge in [-0.25, -0.2) is 38.1 Å². The van der Waals surface area contributed by atoms with Crippen molar-refractivity contribution in [3.05, 3.63) is 384 Å². The predicted molar refractivity (Wildman–Crippen MR) is 428 cm³/mol. The van der Waals surface area contributed by atoms with E-state index in [1.807, 2.05) is 43.3 Å². The zero-order chi connectivity index (χ0) is 88.9. The van der Waals surface area contributed by atoms with Gasteiger partial charge in [-0.05, 0) is 137 Å². The molecule has 0 bridgehead atoms.